The van der Waals surface area contributed by atoms with Crippen molar-refractivity contribution < 1.29 is 14.3 Å². The van der Waals surface area contributed by atoms with Gasteiger partial charge in [0, 0.05) is 37.1 Å². The number of carbonyl (C=O) groups is 1. The summed E-state index contributed by atoms with van der Waals surface area (Å²) in [5.41, 5.74) is 3.02. The molecule has 1 saturated heterocycles. The third kappa shape index (κ3) is 5.32. The maximum atomic E-state index is 12.8. The van der Waals surface area contributed by atoms with Crippen molar-refractivity contribution in [3.8, 4) is 11.5 Å². The van der Waals surface area contributed by atoms with E-state index in [1.165, 1.54) is 0 Å². The average Bonchev–Trinajstić information content (AvgIpc) is 2.84. The smallest absolute Gasteiger partial charge is 0.321 e. The number of hydrogen-bond donors (Lipinski definition) is 1. The molecule has 0 bridgehead atoms. The second kappa shape index (κ2) is 10.1. The highest BCUT2D eigenvalue weighted by atomic mass is 16.5. The van der Waals surface area contributed by atoms with Crippen LogP contribution < -0.4 is 19.7 Å². The van der Waals surface area contributed by atoms with Crippen LogP contribution in [-0.4, -0.2) is 43.7 Å². The van der Waals surface area contributed by atoms with Crippen molar-refractivity contribution in [1.29, 1.82) is 0 Å². The Morgan fingerprint density at radius 1 is 0.938 bits per heavy atom. The number of benzene rings is 3. The molecule has 3 aromatic rings. The molecule has 1 atom stereocenters. The van der Waals surface area contributed by atoms with E-state index in [1.807, 2.05) is 71.6 Å². The number of urea groups is 1. The topological polar surface area (TPSA) is 54.0 Å². The van der Waals surface area contributed by atoms with Gasteiger partial charge in [0.15, 0.2) is 0 Å². The highest BCUT2D eigenvalue weighted by Crippen LogP contribution is 2.24. The Hall–Kier alpha value is -3.67. The number of carbonyl (C=O) groups excluding carboxylic acids is 1. The Morgan fingerprint density at radius 3 is 2.28 bits per heavy atom. The van der Waals surface area contributed by atoms with Gasteiger partial charge in [-0.2, -0.15) is 0 Å². The monoisotopic (exact) mass is 431 g/mol. The summed E-state index contributed by atoms with van der Waals surface area (Å²) in [7, 11) is 1.67. The van der Waals surface area contributed by atoms with Crippen molar-refractivity contribution in [2.24, 2.45) is 0 Å². The maximum absolute atomic E-state index is 12.8. The Kier molecular flexibility index (Phi) is 6.80. The Bertz CT molecular complexity index is 1010. The Balaban J connectivity index is 1.28. The number of piperazine rings is 1. The lowest BCUT2D eigenvalue weighted by Gasteiger charge is -2.41. The molecule has 1 aliphatic heterocycles. The highest BCUT2D eigenvalue weighted by Gasteiger charge is 2.27. The minimum absolute atomic E-state index is 0.0795. The first kappa shape index (κ1) is 21.6. The van der Waals surface area contributed by atoms with E-state index in [2.05, 4.69) is 29.3 Å². The second-order valence-electron chi connectivity index (χ2n) is 7.92. The predicted octanol–water partition coefficient (Wildman–Crippen LogP) is 5.02. The van der Waals surface area contributed by atoms with E-state index < -0.39 is 0 Å². The lowest BCUT2D eigenvalue weighted by atomic mass is 10.1. The first-order valence-electron chi connectivity index (χ1n) is 10.9. The van der Waals surface area contributed by atoms with E-state index in [1.54, 1.807) is 7.11 Å². The predicted molar refractivity (Wildman–Crippen MR) is 128 cm³/mol. The molecule has 3 aromatic carbocycles. The first-order valence-corrected chi connectivity index (χ1v) is 10.9. The third-order valence-corrected chi connectivity index (χ3v) is 5.67. The summed E-state index contributed by atoms with van der Waals surface area (Å²) in [5, 5.41) is 3.00. The molecule has 4 rings (SSSR count). The molecule has 32 heavy (non-hydrogen) atoms. The normalized spacial score (nSPS) is 15.9. The van der Waals surface area contributed by atoms with Crippen LogP contribution in [0.4, 0.5) is 16.2 Å². The van der Waals surface area contributed by atoms with Gasteiger partial charge in [0.25, 0.3) is 0 Å². The molecule has 1 unspecified atom stereocenters. The largest absolute Gasteiger partial charge is 0.497 e. The average molecular weight is 432 g/mol. The van der Waals surface area contributed by atoms with E-state index in [-0.39, 0.29) is 12.1 Å². The number of nitrogens with zero attached hydrogens (tertiary/aromatic N) is 2. The summed E-state index contributed by atoms with van der Waals surface area (Å²) >= 11 is 0. The minimum Gasteiger partial charge on any atom is -0.497 e. The third-order valence-electron chi connectivity index (χ3n) is 5.67. The first-order chi connectivity index (χ1) is 15.6. The van der Waals surface area contributed by atoms with Crippen LogP contribution in [0.5, 0.6) is 11.5 Å². The SMILES string of the molecule is COc1ccc(N2CCN(C(=O)Nc3ccc(OCc4ccccc4)cc3)CC2C)cc1. The van der Waals surface area contributed by atoms with Crippen LogP contribution in [0.1, 0.15) is 12.5 Å². The zero-order chi connectivity index (χ0) is 22.3. The molecule has 1 heterocycles. The van der Waals surface area contributed by atoms with Crippen LogP contribution in [-0.2, 0) is 6.61 Å². The summed E-state index contributed by atoms with van der Waals surface area (Å²) in [6.45, 7) is 4.77. The fraction of sp³-hybridized carbons (Fsp3) is 0.269. The van der Waals surface area contributed by atoms with Gasteiger partial charge in [-0.25, -0.2) is 4.79 Å². The van der Waals surface area contributed by atoms with Gasteiger partial charge in [-0.15, -0.1) is 0 Å². The van der Waals surface area contributed by atoms with Crippen LogP contribution in [0, 0.1) is 0 Å². The number of amides is 2. The van der Waals surface area contributed by atoms with Crippen molar-refractivity contribution in [2.45, 2.75) is 19.6 Å². The summed E-state index contributed by atoms with van der Waals surface area (Å²) in [6.07, 6.45) is 0. The van der Waals surface area contributed by atoms with Gasteiger partial charge >= 0.3 is 6.03 Å². The lowest BCUT2D eigenvalue weighted by Crippen LogP contribution is -2.54. The van der Waals surface area contributed by atoms with E-state index in [4.69, 9.17) is 9.47 Å². The van der Waals surface area contributed by atoms with Crippen LogP contribution in [0.25, 0.3) is 0 Å². The van der Waals surface area contributed by atoms with E-state index in [0.717, 1.165) is 35.0 Å². The highest BCUT2D eigenvalue weighted by molar-refractivity contribution is 5.89. The summed E-state index contributed by atoms with van der Waals surface area (Å²) in [6, 6.07) is 25.7. The van der Waals surface area contributed by atoms with Crippen molar-refractivity contribution >= 4 is 17.4 Å². The van der Waals surface area contributed by atoms with Crippen molar-refractivity contribution in [3.05, 3.63) is 84.4 Å². The zero-order valence-electron chi connectivity index (χ0n) is 18.5. The van der Waals surface area contributed by atoms with Crippen molar-refractivity contribution in [3.63, 3.8) is 0 Å². The Morgan fingerprint density at radius 2 is 1.62 bits per heavy atom. The molecule has 2 amide bonds. The zero-order valence-corrected chi connectivity index (χ0v) is 18.5. The van der Waals surface area contributed by atoms with Gasteiger partial charge in [0.1, 0.15) is 18.1 Å². The minimum atomic E-state index is -0.0795. The summed E-state index contributed by atoms with van der Waals surface area (Å²) < 4.78 is 11.1. The molecule has 166 valence electrons. The molecule has 0 aliphatic carbocycles. The molecule has 0 aromatic heterocycles. The van der Waals surface area contributed by atoms with E-state index in [9.17, 15) is 4.79 Å². The van der Waals surface area contributed by atoms with E-state index >= 15 is 0 Å². The van der Waals surface area contributed by atoms with Gasteiger partial charge in [-0.05, 0) is 61.0 Å². The molecule has 6 nitrogen and oxygen atoms in total. The van der Waals surface area contributed by atoms with Crippen molar-refractivity contribution in [1.82, 2.24) is 4.90 Å². The molecule has 0 saturated carbocycles. The Labute approximate surface area is 189 Å². The molecule has 0 radical (unpaired) electrons. The van der Waals surface area contributed by atoms with Crippen LogP contribution in [0.15, 0.2) is 78.9 Å². The molecule has 1 aliphatic rings. The molecule has 1 fully saturated rings. The number of hydrogen-bond acceptors (Lipinski definition) is 4. The lowest BCUT2D eigenvalue weighted by molar-refractivity contribution is 0.200. The van der Waals surface area contributed by atoms with Crippen LogP contribution in [0.3, 0.4) is 0 Å². The standard InChI is InChI=1S/C26H29N3O3/c1-20-18-28(16-17-29(20)23-10-14-24(31-2)15-11-23)26(30)27-22-8-12-25(13-9-22)32-19-21-6-4-3-5-7-21/h3-15,20H,16-19H2,1-2H3,(H,27,30). The van der Waals surface area contributed by atoms with Gasteiger partial charge < -0.3 is 24.6 Å². The van der Waals surface area contributed by atoms with Gasteiger partial charge in [-0.3, -0.25) is 0 Å². The number of anilines is 2. The number of methoxy groups -OCH3 is 1. The molecule has 6 heteroatoms. The number of rotatable bonds is 6. The number of ether oxygens (including phenoxy) is 2. The molecular weight excluding hydrogens is 402 g/mol. The maximum Gasteiger partial charge on any atom is 0.321 e. The summed E-state index contributed by atoms with van der Waals surface area (Å²) in [4.78, 5) is 17.0. The fourth-order valence-electron chi connectivity index (χ4n) is 3.88. The van der Waals surface area contributed by atoms with Crippen molar-refractivity contribution in [2.75, 3.05) is 37.0 Å². The quantitative estimate of drug-likeness (QED) is 0.596. The van der Waals surface area contributed by atoms with Gasteiger partial charge in [0.2, 0.25) is 0 Å². The molecular formula is C26H29N3O3. The fourth-order valence-corrected chi connectivity index (χ4v) is 3.88. The van der Waals surface area contributed by atoms with Gasteiger partial charge in [-0.1, -0.05) is 30.3 Å². The molecule has 0 spiro atoms. The van der Waals surface area contributed by atoms with E-state index in [0.29, 0.717) is 19.7 Å². The number of nitrogens with one attached hydrogen (secondary N) is 1. The van der Waals surface area contributed by atoms with Gasteiger partial charge in [0.05, 0.1) is 7.11 Å². The summed E-state index contributed by atoms with van der Waals surface area (Å²) in [5.74, 6) is 1.62. The second-order valence-corrected chi connectivity index (χ2v) is 7.92. The van der Waals surface area contributed by atoms with Crippen LogP contribution in [0.2, 0.25) is 0 Å². The van der Waals surface area contributed by atoms with Crippen LogP contribution >= 0.6 is 0 Å². The molecule has 1 N–H and O–H groups in total.